The first kappa shape index (κ1) is 19.8. The molecule has 1 atom stereocenters. The van der Waals surface area contributed by atoms with E-state index in [1.54, 1.807) is 6.92 Å². The predicted molar refractivity (Wildman–Crippen MR) is 102 cm³/mol. The van der Waals surface area contributed by atoms with Gasteiger partial charge in [0.05, 0.1) is 25.6 Å². The molecule has 0 unspecified atom stereocenters. The predicted octanol–water partition coefficient (Wildman–Crippen LogP) is 0.519. The van der Waals surface area contributed by atoms with Crippen LogP contribution in [0.4, 0.5) is 0 Å². The summed E-state index contributed by atoms with van der Waals surface area (Å²) in [5.74, 6) is 1.70. The maximum Gasteiger partial charge on any atom is 0.237 e. The third-order valence-electron chi connectivity index (χ3n) is 4.53. The lowest BCUT2D eigenvalue weighted by molar-refractivity contribution is -0.134. The molecule has 1 aliphatic rings. The fraction of sp³-hybridized carbons (Fsp3) is 0.474. The van der Waals surface area contributed by atoms with Gasteiger partial charge in [-0.15, -0.1) is 0 Å². The number of ether oxygens (including phenoxy) is 1. The Bertz CT molecular complexity index is 804. The summed E-state index contributed by atoms with van der Waals surface area (Å²) in [6.45, 7) is 6.45. The molecule has 2 aromatic rings. The molecule has 9 nitrogen and oxygen atoms in total. The second-order valence-electron chi connectivity index (χ2n) is 6.67. The number of H-pyrrole nitrogens is 1. The average molecular weight is 386 g/mol. The number of aryl methyl sites for hydroxylation is 1. The zero-order valence-corrected chi connectivity index (χ0v) is 16.2. The van der Waals surface area contributed by atoms with Crippen LogP contribution in [-0.4, -0.2) is 57.6 Å². The Morgan fingerprint density at radius 2 is 2.14 bits per heavy atom. The number of piperazine rings is 1. The topological polar surface area (TPSA) is 112 Å². The minimum absolute atomic E-state index is 0.0896. The zero-order chi connectivity index (χ0) is 19.9. The molecule has 1 aromatic heterocycles. The lowest BCUT2D eigenvalue weighted by atomic mass is 10.1. The van der Waals surface area contributed by atoms with Crippen molar-refractivity contribution in [2.24, 2.45) is 0 Å². The Hall–Kier alpha value is -2.94. The molecular weight excluding hydrogens is 360 g/mol. The van der Waals surface area contributed by atoms with E-state index in [0.717, 1.165) is 11.3 Å². The second-order valence-corrected chi connectivity index (χ2v) is 6.67. The summed E-state index contributed by atoms with van der Waals surface area (Å²) in [5, 5.41) is 12.3. The van der Waals surface area contributed by atoms with Gasteiger partial charge in [-0.1, -0.05) is 12.1 Å². The first-order valence-corrected chi connectivity index (χ1v) is 9.43. The van der Waals surface area contributed by atoms with Crippen LogP contribution in [0.25, 0.3) is 0 Å². The van der Waals surface area contributed by atoms with Gasteiger partial charge < -0.3 is 15.4 Å². The molecule has 9 heteroatoms. The van der Waals surface area contributed by atoms with Crippen molar-refractivity contribution < 1.29 is 14.3 Å². The van der Waals surface area contributed by atoms with Crippen LogP contribution in [0.1, 0.15) is 30.6 Å². The highest BCUT2D eigenvalue weighted by atomic mass is 16.5. The number of hydrogen-bond acceptors (Lipinski definition) is 6. The molecule has 3 N–H and O–H groups in total. The van der Waals surface area contributed by atoms with Crippen molar-refractivity contribution in [2.45, 2.75) is 39.4 Å². The molecule has 2 heterocycles. The summed E-state index contributed by atoms with van der Waals surface area (Å²) in [4.78, 5) is 30.9. The molecule has 150 valence electrons. The summed E-state index contributed by atoms with van der Waals surface area (Å²) >= 11 is 0. The second kappa shape index (κ2) is 9.32. The van der Waals surface area contributed by atoms with Gasteiger partial charge in [-0.3, -0.25) is 19.6 Å². The third kappa shape index (κ3) is 5.29. The van der Waals surface area contributed by atoms with E-state index < -0.39 is 6.04 Å². The Labute approximate surface area is 163 Å². The number of benzene rings is 1. The maximum absolute atomic E-state index is 12.4. The van der Waals surface area contributed by atoms with Gasteiger partial charge in [0.25, 0.3) is 0 Å². The van der Waals surface area contributed by atoms with Gasteiger partial charge in [0, 0.05) is 19.6 Å². The van der Waals surface area contributed by atoms with Gasteiger partial charge in [0.2, 0.25) is 11.8 Å². The van der Waals surface area contributed by atoms with Crippen molar-refractivity contribution in [1.29, 1.82) is 0 Å². The minimum Gasteiger partial charge on any atom is -0.494 e. The van der Waals surface area contributed by atoms with Crippen molar-refractivity contribution >= 4 is 11.8 Å². The first-order chi connectivity index (χ1) is 13.5. The number of amides is 2. The quantitative estimate of drug-likeness (QED) is 0.610. The molecule has 0 saturated carbocycles. The van der Waals surface area contributed by atoms with Gasteiger partial charge in [-0.25, -0.2) is 4.98 Å². The monoisotopic (exact) mass is 386 g/mol. The van der Waals surface area contributed by atoms with E-state index in [9.17, 15) is 9.59 Å². The van der Waals surface area contributed by atoms with Gasteiger partial charge in [0.15, 0.2) is 5.82 Å². The number of rotatable bonds is 8. The Morgan fingerprint density at radius 1 is 1.36 bits per heavy atom. The van der Waals surface area contributed by atoms with E-state index in [1.165, 1.54) is 0 Å². The van der Waals surface area contributed by atoms with Crippen LogP contribution < -0.4 is 15.4 Å². The summed E-state index contributed by atoms with van der Waals surface area (Å²) in [6, 6.07) is 7.31. The fourth-order valence-electron chi connectivity index (χ4n) is 3.16. The number of nitrogens with one attached hydrogen (secondary N) is 3. The van der Waals surface area contributed by atoms with Crippen LogP contribution in [-0.2, 0) is 22.7 Å². The number of aromatic nitrogens is 3. The number of carbonyl (C=O) groups excluding carboxylic acids is 2. The largest absolute Gasteiger partial charge is 0.494 e. The normalized spacial score (nSPS) is 17.2. The summed E-state index contributed by atoms with van der Waals surface area (Å²) in [7, 11) is 0. The molecule has 0 bridgehead atoms. The van der Waals surface area contributed by atoms with E-state index in [-0.39, 0.29) is 24.8 Å². The summed E-state index contributed by atoms with van der Waals surface area (Å²) < 4.78 is 5.46. The van der Waals surface area contributed by atoms with Crippen molar-refractivity contribution in [1.82, 2.24) is 30.7 Å². The molecule has 1 saturated heterocycles. The SMILES string of the molecule is CCOc1ccc(CN2CCNC(=O)[C@H]2CC(=O)NCc2n[nH]c(C)n2)cc1. The first-order valence-electron chi connectivity index (χ1n) is 9.43. The Balaban J connectivity index is 1.58. The van der Waals surface area contributed by atoms with Crippen LogP contribution in [0.2, 0.25) is 0 Å². The molecular formula is C19H26N6O3. The summed E-state index contributed by atoms with van der Waals surface area (Å²) in [6.07, 6.45) is 0.0896. The van der Waals surface area contributed by atoms with Crippen molar-refractivity contribution in [3.63, 3.8) is 0 Å². The van der Waals surface area contributed by atoms with Gasteiger partial charge in [-0.2, -0.15) is 5.10 Å². The molecule has 3 rings (SSSR count). The van der Waals surface area contributed by atoms with E-state index in [0.29, 0.717) is 37.9 Å². The van der Waals surface area contributed by atoms with Crippen LogP contribution in [0.15, 0.2) is 24.3 Å². The number of nitrogens with zero attached hydrogens (tertiary/aromatic N) is 3. The average Bonchev–Trinajstić information content (AvgIpc) is 3.10. The third-order valence-corrected chi connectivity index (χ3v) is 4.53. The van der Waals surface area contributed by atoms with E-state index in [2.05, 4.69) is 25.8 Å². The minimum atomic E-state index is -0.505. The molecule has 1 fully saturated rings. The lowest BCUT2D eigenvalue weighted by Crippen LogP contribution is -2.56. The highest BCUT2D eigenvalue weighted by Gasteiger charge is 2.31. The van der Waals surface area contributed by atoms with Gasteiger partial charge >= 0.3 is 0 Å². The van der Waals surface area contributed by atoms with Crippen LogP contribution >= 0.6 is 0 Å². The van der Waals surface area contributed by atoms with E-state index >= 15 is 0 Å². The zero-order valence-electron chi connectivity index (χ0n) is 16.2. The van der Waals surface area contributed by atoms with E-state index in [4.69, 9.17) is 4.74 Å². The fourth-order valence-corrected chi connectivity index (χ4v) is 3.16. The molecule has 0 radical (unpaired) electrons. The van der Waals surface area contributed by atoms with Crippen molar-refractivity contribution in [3.05, 3.63) is 41.5 Å². The molecule has 1 aromatic carbocycles. The van der Waals surface area contributed by atoms with Gasteiger partial charge in [0.1, 0.15) is 11.6 Å². The van der Waals surface area contributed by atoms with Crippen LogP contribution in [0, 0.1) is 6.92 Å². The van der Waals surface area contributed by atoms with Crippen LogP contribution in [0.3, 0.4) is 0 Å². The molecule has 1 aliphatic heterocycles. The number of carbonyl (C=O) groups is 2. The van der Waals surface area contributed by atoms with Crippen LogP contribution in [0.5, 0.6) is 5.75 Å². The highest BCUT2D eigenvalue weighted by Crippen LogP contribution is 2.17. The van der Waals surface area contributed by atoms with Crippen molar-refractivity contribution in [2.75, 3.05) is 19.7 Å². The summed E-state index contributed by atoms with van der Waals surface area (Å²) in [5.41, 5.74) is 1.07. The number of aromatic amines is 1. The maximum atomic E-state index is 12.4. The van der Waals surface area contributed by atoms with E-state index in [1.807, 2.05) is 36.1 Å². The highest BCUT2D eigenvalue weighted by molar-refractivity contribution is 5.88. The molecule has 28 heavy (non-hydrogen) atoms. The van der Waals surface area contributed by atoms with Gasteiger partial charge in [-0.05, 0) is 31.5 Å². The smallest absolute Gasteiger partial charge is 0.237 e. The molecule has 0 aliphatic carbocycles. The Morgan fingerprint density at radius 3 is 2.82 bits per heavy atom. The Kier molecular flexibility index (Phi) is 6.59. The molecule has 2 amide bonds. The standard InChI is InChI=1S/C19H26N6O3/c1-3-28-15-6-4-14(5-7-15)12-25-9-8-20-19(27)16(25)10-18(26)21-11-17-22-13(2)23-24-17/h4-7,16H,3,8-12H2,1-2H3,(H,20,27)(H,21,26)(H,22,23,24)/t16-/m1/s1. The van der Waals surface area contributed by atoms with Crippen molar-refractivity contribution in [3.8, 4) is 5.75 Å². The number of hydrogen-bond donors (Lipinski definition) is 3. The lowest BCUT2D eigenvalue weighted by Gasteiger charge is -2.34. The molecule has 0 spiro atoms.